The van der Waals surface area contributed by atoms with Crippen LogP contribution in [0.15, 0.2) is 11.0 Å². The number of aliphatic hydroxyl groups excluding tert-OH is 1. The third-order valence-corrected chi connectivity index (χ3v) is 1.79. The molecule has 0 aliphatic heterocycles. The molecule has 1 aromatic heterocycles. The van der Waals surface area contributed by atoms with Crippen molar-refractivity contribution >= 4 is 17.3 Å². The van der Waals surface area contributed by atoms with Crippen LogP contribution in [0.5, 0.6) is 0 Å². The third kappa shape index (κ3) is 2.19. The molecule has 0 aromatic carbocycles. The zero-order valence-corrected chi connectivity index (χ0v) is 7.88. The monoisotopic (exact) mass is 203 g/mol. The van der Waals surface area contributed by atoms with Gasteiger partial charge in [-0.3, -0.25) is 4.79 Å². The Morgan fingerprint density at radius 2 is 2.46 bits per heavy atom. The summed E-state index contributed by atoms with van der Waals surface area (Å²) < 4.78 is 1.17. The molecule has 0 atom stereocenters. The van der Waals surface area contributed by atoms with Crippen molar-refractivity contribution in [2.75, 3.05) is 18.5 Å². The molecule has 0 amide bonds. The van der Waals surface area contributed by atoms with Crippen LogP contribution < -0.4 is 10.9 Å². The third-order valence-electron chi connectivity index (χ3n) is 1.50. The summed E-state index contributed by atoms with van der Waals surface area (Å²) in [4.78, 5) is 11.4. The summed E-state index contributed by atoms with van der Waals surface area (Å²) in [5.41, 5.74) is -0.0332. The summed E-state index contributed by atoms with van der Waals surface area (Å²) in [7, 11) is 1.53. The van der Waals surface area contributed by atoms with Crippen LogP contribution in [0.4, 0.5) is 5.69 Å². The second-order valence-electron chi connectivity index (χ2n) is 2.45. The lowest BCUT2D eigenvalue weighted by atomic mass is 10.4. The van der Waals surface area contributed by atoms with E-state index in [2.05, 4.69) is 10.4 Å². The Balaban J connectivity index is 3.03. The molecule has 0 aliphatic rings. The van der Waals surface area contributed by atoms with E-state index in [0.29, 0.717) is 6.54 Å². The number of rotatable bonds is 3. The van der Waals surface area contributed by atoms with Gasteiger partial charge in [-0.05, 0) is 0 Å². The van der Waals surface area contributed by atoms with Crippen molar-refractivity contribution in [3.8, 4) is 0 Å². The van der Waals surface area contributed by atoms with Gasteiger partial charge in [0.1, 0.15) is 5.69 Å². The quantitative estimate of drug-likeness (QED) is 0.717. The molecule has 0 unspecified atom stereocenters. The van der Waals surface area contributed by atoms with Gasteiger partial charge in [0.05, 0.1) is 17.8 Å². The van der Waals surface area contributed by atoms with Crippen LogP contribution in [0.2, 0.25) is 5.02 Å². The number of nitrogens with one attached hydrogen (secondary N) is 1. The van der Waals surface area contributed by atoms with E-state index in [0.717, 1.165) is 0 Å². The lowest BCUT2D eigenvalue weighted by Gasteiger charge is -2.06. The molecule has 1 heterocycles. The van der Waals surface area contributed by atoms with Gasteiger partial charge >= 0.3 is 0 Å². The van der Waals surface area contributed by atoms with Crippen molar-refractivity contribution < 1.29 is 5.11 Å². The summed E-state index contributed by atoms with van der Waals surface area (Å²) in [5, 5.41) is 15.2. The Hall–Kier alpha value is -1.07. The first-order chi connectivity index (χ1) is 6.16. The molecule has 1 aromatic rings. The number of hydrogen-bond donors (Lipinski definition) is 2. The van der Waals surface area contributed by atoms with Crippen molar-refractivity contribution in [2.24, 2.45) is 7.05 Å². The lowest BCUT2D eigenvalue weighted by Crippen LogP contribution is -2.24. The molecule has 72 valence electrons. The molecule has 5 nitrogen and oxygen atoms in total. The predicted octanol–water partition coefficient (Wildman–Crippen LogP) is -0.162. The van der Waals surface area contributed by atoms with Gasteiger partial charge in [0.25, 0.3) is 5.56 Å². The van der Waals surface area contributed by atoms with Crippen molar-refractivity contribution in [1.82, 2.24) is 9.78 Å². The fourth-order valence-corrected chi connectivity index (χ4v) is 1.05. The van der Waals surface area contributed by atoms with Crippen LogP contribution in [-0.2, 0) is 7.05 Å². The zero-order valence-electron chi connectivity index (χ0n) is 7.12. The van der Waals surface area contributed by atoms with Crippen LogP contribution in [0.25, 0.3) is 0 Å². The Morgan fingerprint density at radius 3 is 3.08 bits per heavy atom. The summed E-state index contributed by atoms with van der Waals surface area (Å²) in [5.74, 6) is 0. The minimum Gasteiger partial charge on any atom is -0.395 e. The smallest absolute Gasteiger partial charge is 0.291 e. The number of hydrogen-bond acceptors (Lipinski definition) is 4. The summed E-state index contributed by atoms with van der Waals surface area (Å²) >= 11 is 5.72. The van der Waals surface area contributed by atoms with Gasteiger partial charge in [0.15, 0.2) is 0 Å². The van der Waals surface area contributed by atoms with E-state index in [1.807, 2.05) is 0 Å². The molecule has 0 fully saturated rings. The van der Waals surface area contributed by atoms with E-state index in [1.165, 1.54) is 17.9 Å². The number of aromatic nitrogens is 2. The Bertz CT molecular complexity index is 350. The number of aliphatic hydroxyl groups is 1. The van der Waals surface area contributed by atoms with Gasteiger partial charge in [-0.25, -0.2) is 4.68 Å². The summed E-state index contributed by atoms with van der Waals surface area (Å²) in [6.07, 6.45) is 1.38. The number of halogens is 1. The van der Waals surface area contributed by atoms with Gasteiger partial charge in [0.2, 0.25) is 0 Å². The maximum absolute atomic E-state index is 11.4. The van der Waals surface area contributed by atoms with Crippen molar-refractivity contribution in [3.05, 3.63) is 21.6 Å². The highest BCUT2D eigenvalue weighted by molar-refractivity contribution is 6.32. The molecule has 0 saturated carbocycles. The second-order valence-corrected chi connectivity index (χ2v) is 2.85. The Kier molecular flexibility index (Phi) is 3.27. The largest absolute Gasteiger partial charge is 0.395 e. The maximum Gasteiger partial charge on any atom is 0.291 e. The highest BCUT2D eigenvalue weighted by atomic mass is 35.5. The van der Waals surface area contributed by atoms with E-state index in [1.54, 1.807) is 0 Å². The fourth-order valence-electron chi connectivity index (χ4n) is 0.859. The molecule has 0 aliphatic carbocycles. The van der Waals surface area contributed by atoms with Crippen molar-refractivity contribution in [2.45, 2.75) is 0 Å². The molecule has 13 heavy (non-hydrogen) atoms. The minimum absolute atomic E-state index is 0.0538. The van der Waals surface area contributed by atoms with Crippen molar-refractivity contribution in [3.63, 3.8) is 0 Å². The molecule has 6 heteroatoms. The van der Waals surface area contributed by atoms with E-state index >= 15 is 0 Å². The van der Waals surface area contributed by atoms with E-state index < -0.39 is 0 Å². The van der Waals surface area contributed by atoms with Gasteiger partial charge in [-0.1, -0.05) is 11.6 Å². The minimum atomic E-state index is -0.305. The van der Waals surface area contributed by atoms with E-state index in [9.17, 15) is 4.79 Å². The molecule has 0 saturated heterocycles. The molecule has 0 bridgehead atoms. The first-order valence-electron chi connectivity index (χ1n) is 3.73. The first-order valence-corrected chi connectivity index (χ1v) is 4.11. The average Bonchev–Trinajstić information content (AvgIpc) is 2.12. The molecule has 0 radical (unpaired) electrons. The Labute approximate surface area is 80.0 Å². The Morgan fingerprint density at radius 1 is 1.77 bits per heavy atom. The van der Waals surface area contributed by atoms with Crippen LogP contribution in [0.3, 0.4) is 0 Å². The summed E-state index contributed by atoms with van der Waals surface area (Å²) in [6.45, 7) is 0.237. The first kappa shape index (κ1) is 10.0. The molecule has 1 rings (SSSR count). The molecular weight excluding hydrogens is 194 g/mol. The van der Waals surface area contributed by atoms with Crippen molar-refractivity contribution in [1.29, 1.82) is 0 Å². The number of anilines is 1. The number of aryl methyl sites for hydroxylation is 1. The highest BCUT2D eigenvalue weighted by Crippen LogP contribution is 2.13. The van der Waals surface area contributed by atoms with Gasteiger partial charge < -0.3 is 10.4 Å². The predicted molar refractivity (Wildman–Crippen MR) is 50.1 cm³/mol. The standard InChI is InChI=1S/C7H10ClN3O2/c1-11-7(13)6(9-2-3-12)5(8)4-10-11/h4,9,12H,2-3H2,1H3. The normalized spacial score (nSPS) is 10.1. The fraction of sp³-hybridized carbons (Fsp3) is 0.429. The molecule has 0 spiro atoms. The van der Waals surface area contributed by atoms with Crippen LogP contribution in [0.1, 0.15) is 0 Å². The molecular formula is C7H10ClN3O2. The average molecular weight is 204 g/mol. The SMILES string of the molecule is Cn1ncc(Cl)c(NCCO)c1=O. The van der Waals surface area contributed by atoms with Gasteiger partial charge in [-0.15, -0.1) is 0 Å². The van der Waals surface area contributed by atoms with Crippen LogP contribution >= 0.6 is 11.6 Å². The second kappa shape index (κ2) is 4.25. The van der Waals surface area contributed by atoms with Crippen LogP contribution in [0, 0.1) is 0 Å². The van der Waals surface area contributed by atoms with Crippen LogP contribution in [-0.4, -0.2) is 28.0 Å². The lowest BCUT2D eigenvalue weighted by molar-refractivity contribution is 0.311. The highest BCUT2D eigenvalue weighted by Gasteiger charge is 2.06. The van der Waals surface area contributed by atoms with Gasteiger partial charge in [0, 0.05) is 13.6 Å². The van der Waals surface area contributed by atoms with Gasteiger partial charge in [-0.2, -0.15) is 5.10 Å². The zero-order chi connectivity index (χ0) is 9.84. The summed E-state index contributed by atoms with van der Waals surface area (Å²) in [6, 6.07) is 0. The van der Waals surface area contributed by atoms with E-state index in [4.69, 9.17) is 16.7 Å². The van der Waals surface area contributed by atoms with E-state index in [-0.39, 0.29) is 22.9 Å². The molecule has 2 N–H and O–H groups in total. The maximum atomic E-state index is 11.4. The topological polar surface area (TPSA) is 67.2 Å². The number of nitrogens with zero attached hydrogens (tertiary/aromatic N) is 2.